The highest BCUT2D eigenvalue weighted by atomic mass is 16.6. The zero-order valence-corrected chi connectivity index (χ0v) is 59.5. The fourth-order valence-corrected chi connectivity index (χ4v) is 12.4. The second-order valence-corrected chi connectivity index (χ2v) is 27.1. The van der Waals surface area contributed by atoms with Gasteiger partial charge in [0.05, 0.1) is 6.61 Å². The monoisotopic (exact) mass is 1230 g/mol. The number of aliphatic hydroxyl groups excluding tert-OH is 1. The van der Waals surface area contributed by atoms with E-state index in [0.29, 0.717) is 12.8 Å². The molecule has 1 N–H and O–H groups in total. The summed E-state index contributed by atoms with van der Waals surface area (Å²) in [4.78, 5) is 24.7. The number of carbonyl (C=O) groups excluding carboxylic acids is 2. The van der Waals surface area contributed by atoms with Gasteiger partial charge >= 0.3 is 11.9 Å². The molecule has 0 aliphatic rings. The van der Waals surface area contributed by atoms with Crippen molar-refractivity contribution in [2.75, 3.05) is 13.2 Å². The van der Waals surface area contributed by atoms with Crippen LogP contribution in [0.3, 0.4) is 0 Å². The van der Waals surface area contributed by atoms with Gasteiger partial charge in [-0.05, 0) is 57.8 Å². The predicted octanol–water partition coefficient (Wildman–Crippen LogP) is 28.0. The average molecular weight is 1230 g/mol. The third kappa shape index (κ3) is 76.1. The molecule has 0 amide bonds. The summed E-state index contributed by atoms with van der Waals surface area (Å²) >= 11 is 0. The normalized spacial score (nSPS) is 12.4. The largest absolute Gasteiger partial charge is 0.462 e. The smallest absolute Gasteiger partial charge is 0.306 e. The molecular formula is C83H154O5. The summed E-state index contributed by atoms with van der Waals surface area (Å²) in [5, 5.41) is 9.73. The van der Waals surface area contributed by atoms with E-state index in [2.05, 4.69) is 74.6 Å². The third-order valence-corrected chi connectivity index (χ3v) is 18.3. The zero-order chi connectivity index (χ0) is 63.3. The lowest BCUT2D eigenvalue weighted by atomic mass is 10.0. The Labute approximate surface area is 551 Å². The maximum absolute atomic E-state index is 12.4. The van der Waals surface area contributed by atoms with Crippen LogP contribution in [-0.4, -0.2) is 36.4 Å². The van der Waals surface area contributed by atoms with E-state index in [4.69, 9.17) is 9.47 Å². The number of carbonyl (C=O) groups is 2. The van der Waals surface area contributed by atoms with Crippen molar-refractivity contribution < 1.29 is 24.2 Å². The summed E-state index contributed by atoms with van der Waals surface area (Å²) in [6.45, 7) is 4.10. The van der Waals surface area contributed by atoms with Gasteiger partial charge in [0.2, 0.25) is 0 Å². The van der Waals surface area contributed by atoms with E-state index in [9.17, 15) is 14.7 Å². The van der Waals surface area contributed by atoms with Crippen molar-refractivity contribution in [2.24, 2.45) is 0 Å². The van der Waals surface area contributed by atoms with E-state index in [1.807, 2.05) is 0 Å². The van der Waals surface area contributed by atoms with Crippen molar-refractivity contribution in [2.45, 2.75) is 444 Å². The molecule has 1 atom stereocenters. The number of rotatable bonds is 75. The molecule has 0 radical (unpaired) electrons. The number of aliphatic hydroxyl groups is 1. The van der Waals surface area contributed by atoms with Gasteiger partial charge in [-0.15, -0.1) is 0 Å². The Hall–Kier alpha value is -2.40. The minimum absolute atomic E-state index is 0.0590. The number of ether oxygens (including phenoxy) is 2. The van der Waals surface area contributed by atoms with E-state index in [-0.39, 0.29) is 25.2 Å². The van der Waals surface area contributed by atoms with E-state index < -0.39 is 6.10 Å². The third-order valence-electron chi connectivity index (χ3n) is 18.3. The molecule has 5 nitrogen and oxygen atoms in total. The van der Waals surface area contributed by atoms with E-state index in [1.165, 1.54) is 347 Å². The molecule has 88 heavy (non-hydrogen) atoms. The molecule has 0 fully saturated rings. The maximum atomic E-state index is 12.4. The van der Waals surface area contributed by atoms with Gasteiger partial charge in [0, 0.05) is 12.8 Å². The Kier molecular flexibility index (Phi) is 76.7. The highest BCUT2D eigenvalue weighted by Gasteiger charge is 2.16. The van der Waals surface area contributed by atoms with Gasteiger partial charge in [-0.1, -0.05) is 428 Å². The highest BCUT2D eigenvalue weighted by Crippen LogP contribution is 2.20. The standard InChI is InChI=1S/C83H154O5/c1-3-5-7-9-11-13-15-17-19-21-23-25-27-29-31-33-35-37-39-40-41-42-44-46-48-50-52-54-56-58-60-62-64-66-68-70-72-74-76-78-83(86)88-81(79-84)80-87-82(85)77-75-73-71-69-67-65-63-61-59-57-55-53-51-49-47-45-43-38-36-34-32-30-28-26-24-22-20-18-16-14-12-10-8-6-4-2/h5,7,11,13,17,19,23,25,29,31,81,84H,3-4,6,8-10,12,14-16,18,20-22,24,26-28,30,32-80H2,1-2H3/b7-5-,13-11-,19-17-,25-23-,31-29-. The minimum atomic E-state index is -0.771. The molecule has 0 aromatic rings. The van der Waals surface area contributed by atoms with Crippen LogP contribution in [-0.2, 0) is 19.1 Å². The summed E-state index contributed by atoms with van der Waals surface area (Å²) in [6, 6.07) is 0. The second kappa shape index (κ2) is 78.8. The van der Waals surface area contributed by atoms with Crippen LogP contribution in [0, 0.1) is 0 Å². The van der Waals surface area contributed by atoms with Crippen molar-refractivity contribution in [3.05, 3.63) is 60.8 Å². The summed E-state index contributed by atoms with van der Waals surface area (Å²) in [6.07, 6.45) is 109. The van der Waals surface area contributed by atoms with Crippen LogP contribution in [0.5, 0.6) is 0 Å². The molecule has 0 aromatic carbocycles. The van der Waals surface area contributed by atoms with E-state index in [0.717, 1.165) is 64.2 Å². The number of unbranched alkanes of at least 4 members (excludes halogenated alkanes) is 57. The van der Waals surface area contributed by atoms with Crippen molar-refractivity contribution in [3.63, 3.8) is 0 Å². The van der Waals surface area contributed by atoms with Crippen LogP contribution in [0.15, 0.2) is 60.8 Å². The Balaban J connectivity index is 3.37. The molecule has 0 heterocycles. The maximum Gasteiger partial charge on any atom is 0.306 e. The summed E-state index contributed by atoms with van der Waals surface area (Å²) in [5.74, 6) is -0.563. The van der Waals surface area contributed by atoms with Crippen LogP contribution < -0.4 is 0 Å². The summed E-state index contributed by atoms with van der Waals surface area (Å²) < 4.78 is 10.8. The second-order valence-electron chi connectivity index (χ2n) is 27.1. The predicted molar refractivity (Wildman–Crippen MR) is 390 cm³/mol. The first-order chi connectivity index (χ1) is 43.6. The van der Waals surface area contributed by atoms with Gasteiger partial charge in [-0.3, -0.25) is 9.59 Å². The van der Waals surface area contributed by atoms with E-state index in [1.54, 1.807) is 0 Å². The van der Waals surface area contributed by atoms with Crippen LogP contribution >= 0.6 is 0 Å². The molecule has 0 rings (SSSR count). The summed E-state index contributed by atoms with van der Waals surface area (Å²) in [5.41, 5.74) is 0. The van der Waals surface area contributed by atoms with Crippen LogP contribution in [0.25, 0.3) is 0 Å². The zero-order valence-electron chi connectivity index (χ0n) is 59.5. The molecule has 0 bridgehead atoms. The Morgan fingerprint density at radius 1 is 0.273 bits per heavy atom. The lowest BCUT2D eigenvalue weighted by Crippen LogP contribution is -2.28. The minimum Gasteiger partial charge on any atom is -0.462 e. The first kappa shape index (κ1) is 85.6. The quantitative estimate of drug-likeness (QED) is 0.0373. The van der Waals surface area contributed by atoms with Gasteiger partial charge in [0.1, 0.15) is 6.61 Å². The summed E-state index contributed by atoms with van der Waals surface area (Å²) in [7, 11) is 0. The van der Waals surface area contributed by atoms with Crippen molar-refractivity contribution in [1.82, 2.24) is 0 Å². The number of esters is 2. The molecule has 0 saturated carbocycles. The van der Waals surface area contributed by atoms with Gasteiger partial charge in [0.15, 0.2) is 6.10 Å². The molecule has 1 unspecified atom stereocenters. The van der Waals surface area contributed by atoms with Gasteiger partial charge in [-0.2, -0.15) is 0 Å². The van der Waals surface area contributed by atoms with Crippen LogP contribution in [0.4, 0.5) is 0 Å². The van der Waals surface area contributed by atoms with Gasteiger partial charge in [-0.25, -0.2) is 0 Å². The lowest BCUT2D eigenvalue weighted by molar-refractivity contribution is -0.161. The molecule has 0 aromatic heterocycles. The van der Waals surface area contributed by atoms with Crippen molar-refractivity contribution in [3.8, 4) is 0 Å². The topological polar surface area (TPSA) is 72.8 Å². The molecular weight excluding hydrogens is 1080 g/mol. The molecule has 516 valence electrons. The molecule has 5 heteroatoms. The SMILES string of the molecule is CC/C=C\C/C=C\C/C=C\C/C=C\C/C=C\CCCCCCCCCCCCCCCCCCCCCCCCCC(=O)OC(CO)COC(=O)CCCCCCCCCCCCCCCCCCCCCCCCCCCCCCCCCCCCC. The molecule has 0 saturated heterocycles. The molecule has 0 spiro atoms. The first-order valence-corrected chi connectivity index (χ1v) is 39.8. The Morgan fingerprint density at radius 2 is 0.489 bits per heavy atom. The van der Waals surface area contributed by atoms with Crippen LogP contribution in [0.2, 0.25) is 0 Å². The average Bonchev–Trinajstić information content (AvgIpc) is 3.54. The van der Waals surface area contributed by atoms with Gasteiger partial charge < -0.3 is 14.6 Å². The van der Waals surface area contributed by atoms with Crippen molar-refractivity contribution >= 4 is 11.9 Å². The Morgan fingerprint density at radius 3 is 0.739 bits per heavy atom. The highest BCUT2D eigenvalue weighted by molar-refractivity contribution is 5.70. The van der Waals surface area contributed by atoms with Crippen molar-refractivity contribution in [1.29, 1.82) is 0 Å². The number of hydrogen-bond donors (Lipinski definition) is 1. The fourth-order valence-electron chi connectivity index (χ4n) is 12.4. The molecule has 0 aliphatic carbocycles. The number of allylic oxidation sites excluding steroid dienone is 10. The van der Waals surface area contributed by atoms with E-state index >= 15 is 0 Å². The number of hydrogen-bond acceptors (Lipinski definition) is 5. The first-order valence-electron chi connectivity index (χ1n) is 39.8. The fraction of sp³-hybridized carbons (Fsp3) is 0.855. The Bertz CT molecular complexity index is 1490. The van der Waals surface area contributed by atoms with Crippen LogP contribution in [0.1, 0.15) is 438 Å². The molecule has 0 aliphatic heterocycles. The lowest BCUT2D eigenvalue weighted by Gasteiger charge is -2.15. The van der Waals surface area contributed by atoms with Gasteiger partial charge in [0.25, 0.3) is 0 Å².